The molecule has 7 heteroatoms. The highest BCUT2D eigenvalue weighted by molar-refractivity contribution is 5.52. The van der Waals surface area contributed by atoms with Crippen LogP contribution < -0.4 is 11.4 Å². The van der Waals surface area contributed by atoms with Crippen LogP contribution in [0.1, 0.15) is 24.4 Å². The number of aromatic nitrogens is 2. The molecule has 1 saturated carbocycles. The molecule has 0 amide bonds. The van der Waals surface area contributed by atoms with Crippen LogP contribution in [0.5, 0.6) is 0 Å². The van der Waals surface area contributed by atoms with E-state index >= 15 is 0 Å². The molecular weight excluding hydrogens is 260 g/mol. The molecule has 1 aliphatic rings. The predicted molar refractivity (Wildman–Crippen MR) is 73.6 cm³/mol. The van der Waals surface area contributed by atoms with Crippen molar-refractivity contribution in [3.8, 4) is 0 Å². The number of hydrogen-bond acceptors (Lipinski definition) is 4. The summed E-state index contributed by atoms with van der Waals surface area (Å²) in [6.45, 7) is 0.242. The van der Waals surface area contributed by atoms with Crippen molar-refractivity contribution in [3.05, 3.63) is 56.8 Å². The van der Waals surface area contributed by atoms with Gasteiger partial charge in [0.25, 0.3) is 5.69 Å². The van der Waals surface area contributed by atoms with Crippen molar-refractivity contribution in [1.29, 1.82) is 0 Å². The Balaban J connectivity index is 1.92. The minimum Gasteiger partial charge on any atom is -0.398 e. The van der Waals surface area contributed by atoms with Gasteiger partial charge in [0.05, 0.1) is 11.5 Å². The van der Waals surface area contributed by atoms with E-state index in [0.29, 0.717) is 17.3 Å². The molecule has 0 unspecified atom stereocenters. The van der Waals surface area contributed by atoms with Gasteiger partial charge in [-0.1, -0.05) is 0 Å². The van der Waals surface area contributed by atoms with E-state index in [4.69, 9.17) is 5.73 Å². The van der Waals surface area contributed by atoms with Crippen LogP contribution in [0.3, 0.4) is 0 Å². The summed E-state index contributed by atoms with van der Waals surface area (Å²) in [5.74, 6) is 0. The third kappa shape index (κ3) is 2.18. The van der Waals surface area contributed by atoms with E-state index in [1.54, 1.807) is 17.0 Å². The lowest BCUT2D eigenvalue weighted by atomic mass is 10.1. The monoisotopic (exact) mass is 274 g/mol. The number of nitro groups is 1. The molecule has 104 valence electrons. The molecule has 2 N–H and O–H groups in total. The van der Waals surface area contributed by atoms with Crippen LogP contribution in [0.25, 0.3) is 0 Å². The topological polar surface area (TPSA) is 96.1 Å². The Bertz CT molecular complexity index is 727. The third-order valence-corrected chi connectivity index (χ3v) is 3.49. The second kappa shape index (κ2) is 4.52. The SMILES string of the molecule is Nc1ccc([N+](=O)[O-])cc1Cn1ccn(C2CC2)c1=O. The molecule has 0 bridgehead atoms. The molecule has 1 aromatic heterocycles. The fraction of sp³-hybridized carbons (Fsp3) is 0.308. The van der Waals surface area contributed by atoms with Crippen LogP contribution in [0.2, 0.25) is 0 Å². The standard InChI is InChI=1S/C13H14N4O3/c14-12-4-3-11(17(19)20)7-9(12)8-15-5-6-16(13(15)18)10-1-2-10/h3-7,10H,1-2,8,14H2. The summed E-state index contributed by atoms with van der Waals surface area (Å²) >= 11 is 0. The van der Waals surface area contributed by atoms with E-state index in [-0.39, 0.29) is 17.9 Å². The van der Waals surface area contributed by atoms with Crippen LogP contribution in [-0.4, -0.2) is 14.1 Å². The van der Waals surface area contributed by atoms with E-state index in [1.807, 2.05) is 0 Å². The number of hydrogen-bond donors (Lipinski definition) is 1. The Hall–Kier alpha value is -2.57. The smallest absolute Gasteiger partial charge is 0.328 e. The number of anilines is 1. The molecule has 1 aliphatic carbocycles. The van der Waals surface area contributed by atoms with E-state index in [2.05, 4.69) is 0 Å². The maximum Gasteiger partial charge on any atom is 0.328 e. The molecule has 0 aliphatic heterocycles. The minimum absolute atomic E-state index is 0.0242. The Morgan fingerprint density at radius 3 is 2.75 bits per heavy atom. The van der Waals surface area contributed by atoms with Gasteiger partial charge in [0, 0.05) is 41.8 Å². The van der Waals surface area contributed by atoms with E-state index in [1.165, 1.54) is 22.8 Å². The molecule has 0 saturated heterocycles. The molecule has 20 heavy (non-hydrogen) atoms. The quantitative estimate of drug-likeness (QED) is 0.519. The molecule has 7 nitrogen and oxygen atoms in total. The first-order valence-electron chi connectivity index (χ1n) is 6.36. The lowest BCUT2D eigenvalue weighted by Gasteiger charge is -2.06. The number of non-ortho nitro benzene ring substituents is 1. The van der Waals surface area contributed by atoms with Crippen molar-refractivity contribution < 1.29 is 4.92 Å². The Kier molecular flexibility index (Phi) is 2.81. The number of nitrogens with zero attached hydrogens (tertiary/aromatic N) is 3. The molecule has 0 atom stereocenters. The lowest BCUT2D eigenvalue weighted by molar-refractivity contribution is -0.384. The van der Waals surface area contributed by atoms with E-state index in [0.717, 1.165) is 12.8 Å². The van der Waals surface area contributed by atoms with Gasteiger partial charge >= 0.3 is 5.69 Å². The zero-order valence-corrected chi connectivity index (χ0v) is 10.7. The fourth-order valence-corrected chi connectivity index (χ4v) is 2.21. The molecule has 3 rings (SSSR count). The summed E-state index contributed by atoms with van der Waals surface area (Å²) in [6, 6.07) is 4.58. The van der Waals surface area contributed by atoms with Gasteiger partial charge in [0.15, 0.2) is 0 Å². The van der Waals surface area contributed by atoms with Crippen LogP contribution in [0.15, 0.2) is 35.4 Å². The Labute approximate surface area is 114 Å². The number of imidazole rings is 1. The molecule has 2 aromatic rings. The van der Waals surface area contributed by atoms with Crippen LogP contribution in [-0.2, 0) is 6.54 Å². The van der Waals surface area contributed by atoms with Crippen molar-refractivity contribution in [2.24, 2.45) is 0 Å². The second-order valence-corrected chi connectivity index (χ2v) is 4.99. The number of benzene rings is 1. The zero-order chi connectivity index (χ0) is 14.3. The summed E-state index contributed by atoms with van der Waals surface area (Å²) in [4.78, 5) is 22.4. The summed E-state index contributed by atoms with van der Waals surface area (Å²) in [5, 5.41) is 10.8. The maximum atomic E-state index is 12.1. The highest BCUT2D eigenvalue weighted by atomic mass is 16.6. The van der Waals surface area contributed by atoms with Crippen molar-refractivity contribution >= 4 is 11.4 Å². The summed E-state index contributed by atoms with van der Waals surface area (Å²) in [6.07, 6.45) is 5.51. The second-order valence-electron chi connectivity index (χ2n) is 4.99. The highest BCUT2D eigenvalue weighted by Gasteiger charge is 2.25. The summed E-state index contributed by atoms with van der Waals surface area (Å²) in [7, 11) is 0. The normalized spacial score (nSPS) is 14.4. The Morgan fingerprint density at radius 2 is 2.10 bits per heavy atom. The number of nitro benzene ring substituents is 1. The first-order valence-corrected chi connectivity index (χ1v) is 6.36. The van der Waals surface area contributed by atoms with Gasteiger partial charge in [-0.25, -0.2) is 4.79 Å². The van der Waals surface area contributed by atoms with Crippen LogP contribution in [0, 0.1) is 10.1 Å². The fourth-order valence-electron chi connectivity index (χ4n) is 2.21. The average molecular weight is 274 g/mol. The summed E-state index contributed by atoms with van der Waals surface area (Å²) < 4.78 is 3.22. The predicted octanol–water partition coefficient (Wildman–Crippen LogP) is 1.52. The first-order chi connectivity index (χ1) is 9.56. The number of rotatable bonds is 4. The van der Waals surface area contributed by atoms with Crippen molar-refractivity contribution in [1.82, 2.24) is 9.13 Å². The lowest BCUT2D eigenvalue weighted by Crippen LogP contribution is -2.24. The number of nitrogen functional groups attached to an aromatic ring is 1. The van der Waals surface area contributed by atoms with E-state index in [9.17, 15) is 14.9 Å². The van der Waals surface area contributed by atoms with Crippen molar-refractivity contribution in [3.63, 3.8) is 0 Å². The van der Waals surface area contributed by atoms with E-state index < -0.39 is 4.92 Å². The van der Waals surface area contributed by atoms with Crippen molar-refractivity contribution in [2.75, 3.05) is 5.73 Å². The van der Waals surface area contributed by atoms with Gasteiger partial charge in [0.2, 0.25) is 0 Å². The maximum absolute atomic E-state index is 12.1. The molecular formula is C13H14N4O3. The van der Waals surface area contributed by atoms with Crippen molar-refractivity contribution in [2.45, 2.75) is 25.4 Å². The Morgan fingerprint density at radius 1 is 1.35 bits per heavy atom. The van der Waals surface area contributed by atoms with Gasteiger partial charge in [-0.3, -0.25) is 19.2 Å². The molecule has 0 radical (unpaired) electrons. The molecule has 1 fully saturated rings. The van der Waals surface area contributed by atoms with Crippen LogP contribution >= 0.6 is 0 Å². The van der Waals surface area contributed by atoms with Gasteiger partial charge in [-0.05, 0) is 18.9 Å². The first kappa shape index (κ1) is 12.5. The zero-order valence-electron chi connectivity index (χ0n) is 10.7. The highest BCUT2D eigenvalue weighted by Crippen LogP contribution is 2.33. The van der Waals surface area contributed by atoms with Gasteiger partial charge in [-0.2, -0.15) is 0 Å². The molecule has 1 heterocycles. The average Bonchev–Trinajstić information content (AvgIpc) is 3.18. The van der Waals surface area contributed by atoms with Gasteiger partial charge < -0.3 is 5.73 Å². The summed E-state index contributed by atoms with van der Waals surface area (Å²) in [5.41, 5.74) is 6.72. The minimum atomic E-state index is -0.471. The third-order valence-electron chi connectivity index (χ3n) is 3.49. The van der Waals surface area contributed by atoms with Gasteiger partial charge in [0.1, 0.15) is 0 Å². The van der Waals surface area contributed by atoms with Gasteiger partial charge in [-0.15, -0.1) is 0 Å². The number of nitrogens with two attached hydrogens (primary N) is 1. The van der Waals surface area contributed by atoms with Crippen LogP contribution in [0.4, 0.5) is 11.4 Å². The molecule has 1 aromatic carbocycles. The molecule has 0 spiro atoms. The largest absolute Gasteiger partial charge is 0.398 e.